The van der Waals surface area contributed by atoms with Crippen LogP contribution in [-0.2, 0) is 16.1 Å². The molecular formula is C18H14N3NaO4. The summed E-state index contributed by atoms with van der Waals surface area (Å²) < 4.78 is 4.96. The zero-order valence-electron chi connectivity index (χ0n) is 14.1. The van der Waals surface area contributed by atoms with Gasteiger partial charge in [0, 0.05) is 18.9 Å². The Hall–Kier alpha value is -2.66. The van der Waals surface area contributed by atoms with Gasteiger partial charge in [0.25, 0.3) is 5.91 Å². The molecule has 0 fully saturated rings. The first-order valence-corrected chi connectivity index (χ1v) is 7.30. The van der Waals surface area contributed by atoms with E-state index in [4.69, 9.17) is 10.00 Å². The topological polar surface area (TPSA) is 115 Å². The first-order valence-electron chi connectivity index (χ1n) is 7.30. The third-order valence-corrected chi connectivity index (χ3v) is 3.09. The molecule has 0 radical (unpaired) electrons. The molecule has 1 aromatic heterocycles. The molecule has 2 aromatic rings. The first-order chi connectivity index (χ1) is 12.1. The molecule has 0 unspecified atom stereocenters. The quantitative estimate of drug-likeness (QED) is 0.330. The van der Waals surface area contributed by atoms with Crippen molar-refractivity contribution in [1.29, 1.82) is 5.26 Å². The second-order valence-corrected chi connectivity index (χ2v) is 4.94. The number of carboxylic acids is 1. The van der Waals surface area contributed by atoms with E-state index in [1.807, 2.05) is 12.1 Å². The summed E-state index contributed by atoms with van der Waals surface area (Å²) >= 11 is 0. The largest absolute Gasteiger partial charge is 1.00 e. The van der Waals surface area contributed by atoms with Crippen molar-refractivity contribution in [1.82, 2.24) is 10.3 Å². The number of aromatic nitrogens is 1. The minimum absolute atomic E-state index is 0. The molecule has 0 saturated heterocycles. The van der Waals surface area contributed by atoms with Crippen molar-refractivity contribution >= 4 is 18.0 Å². The van der Waals surface area contributed by atoms with Crippen LogP contribution < -0.4 is 44.7 Å². The van der Waals surface area contributed by atoms with Gasteiger partial charge in [0.05, 0.1) is 5.97 Å². The van der Waals surface area contributed by atoms with Gasteiger partial charge in [0.15, 0.2) is 0 Å². The number of rotatable bonds is 7. The average Bonchev–Trinajstić information content (AvgIpc) is 2.64. The van der Waals surface area contributed by atoms with Crippen molar-refractivity contribution < 1.29 is 49.0 Å². The fourth-order valence-electron chi connectivity index (χ4n) is 1.90. The Morgan fingerprint density at radius 1 is 1.27 bits per heavy atom. The second kappa shape index (κ2) is 11.1. The van der Waals surface area contributed by atoms with Gasteiger partial charge < -0.3 is 20.0 Å². The van der Waals surface area contributed by atoms with Crippen LogP contribution in [0.1, 0.15) is 11.1 Å². The standard InChI is InChI=1S/C18H15N3O4.Na/c19-9-15(18(24)21-11-14-2-1-7-20-10-14)8-13-3-5-16(6-4-13)25-12-17(22)23;/h1-8,10H,11-12H2,(H,21,24)(H,22,23);/q;+1/p-1. The fraction of sp³-hybridized carbons (Fsp3) is 0.111. The van der Waals surface area contributed by atoms with Gasteiger partial charge in [-0.05, 0) is 35.4 Å². The monoisotopic (exact) mass is 359 g/mol. The molecule has 0 atom stereocenters. The van der Waals surface area contributed by atoms with Crippen LogP contribution in [0.3, 0.4) is 0 Å². The van der Waals surface area contributed by atoms with Gasteiger partial charge in [-0.1, -0.05) is 18.2 Å². The molecule has 1 N–H and O–H groups in total. The number of ether oxygens (including phenoxy) is 1. The Labute approximate surface area is 172 Å². The molecule has 1 aromatic carbocycles. The summed E-state index contributed by atoms with van der Waals surface area (Å²) in [6, 6.07) is 11.7. The Balaban J connectivity index is 0.00000338. The number of carboxylic acid groups (broad SMARTS) is 1. The van der Waals surface area contributed by atoms with Crippen molar-refractivity contribution in [3.8, 4) is 11.8 Å². The third-order valence-electron chi connectivity index (χ3n) is 3.09. The Bertz CT molecular complexity index is 815. The molecule has 0 bridgehead atoms. The van der Waals surface area contributed by atoms with Crippen LogP contribution in [0, 0.1) is 11.3 Å². The predicted molar refractivity (Wildman–Crippen MR) is 86.6 cm³/mol. The van der Waals surface area contributed by atoms with Crippen molar-refractivity contribution in [2.45, 2.75) is 6.54 Å². The molecule has 0 saturated carbocycles. The smallest absolute Gasteiger partial charge is 0.546 e. The SMILES string of the molecule is N#CC(=Cc1ccc(OCC(=O)[O-])cc1)C(=O)NCc1cccnc1.[Na+]. The number of nitrogens with one attached hydrogen (secondary N) is 1. The molecule has 1 heterocycles. The Morgan fingerprint density at radius 3 is 2.58 bits per heavy atom. The number of hydrogen-bond donors (Lipinski definition) is 1. The molecule has 0 aliphatic carbocycles. The third kappa shape index (κ3) is 7.07. The van der Waals surface area contributed by atoms with E-state index < -0.39 is 18.5 Å². The Kier molecular flexibility index (Phi) is 9.09. The van der Waals surface area contributed by atoms with E-state index in [1.54, 1.807) is 30.6 Å². The van der Waals surface area contributed by atoms with Gasteiger partial charge in [-0.3, -0.25) is 9.78 Å². The summed E-state index contributed by atoms with van der Waals surface area (Å²) in [5.41, 5.74) is 1.38. The number of aliphatic carboxylic acids is 1. The summed E-state index contributed by atoms with van der Waals surface area (Å²) in [6.45, 7) is -0.281. The molecule has 1 amide bonds. The molecule has 7 nitrogen and oxygen atoms in total. The van der Waals surface area contributed by atoms with Gasteiger partial charge >= 0.3 is 29.6 Å². The summed E-state index contributed by atoms with van der Waals surface area (Å²) in [5, 5.41) is 22.1. The normalized spacial score (nSPS) is 10.2. The minimum atomic E-state index is -1.32. The molecule has 126 valence electrons. The van der Waals surface area contributed by atoms with E-state index in [1.165, 1.54) is 18.2 Å². The first kappa shape index (κ1) is 21.4. The molecule has 26 heavy (non-hydrogen) atoms. The number of carbonyl (C=O) groups excluding carboxylic acids is 2. The van der Waals surface area contributed by atoms with Crippen molar-refractivity contribution in [3.05, 3.63) is 65.5 Å². The van der Waals surface area contributed by atoms with E-state index in [0.717, 1.165) is 5.56 Å². The van der Waals surface area contributed by atoms with E-state index in [9.17, 15) is 14.7 Å². The Morgan fingerprint density at radius 2 is 2.00 bits per heavy atom. The number of hydrogen-bond acceptors (Lipinski definition) is 6. The van der Waals surface area contributed by atoms with Crippen LogP contribution in [-0.4, -0.2) is 23.5 Å². The van der Waals surface area contributed by atoms with Gasteiger partial charge in [-0.2, -0.15) is 5.26 Å². The van der Waals surface area contributed by atoms with Gasteiger partial charge in [0.1, 0.15) is 24.0 Å². The van der Waals surface area contributed by atoms with Crippen LogP contribution in [0.25, 0.3) is 6.08 Å². The summed E-state index contributed by atoms with van der Waals surface area (Å²) in [6.07, 6.45) is 4.69. The van der Waals surface area contributed by atoms with E-state index >= 15 is 0 Å². The molecule has 8 heteroatoms. The molecule has 0 spiro atoms. The maximum absolute atomic E-state index is 12.1. The molecule has 2 rings (SSSR count). The average molecular weight is 359 g/mol. The van der Waals surface area contributed by atoms with Crippen LogP contribution in [0.15, 0.2) is 54.4 Å². The number of pyridine rings is 1. The predicted octanol–water partition coefficient (Wildman–Crippen LogP) is -2.56. The summed E-state index contributed by atoms with van der Waals surface area (Å²) in [4.78, 5) is 26.4. The zero-order valence-corrected chi connectivity index (χ0v) is 16.1. The summed E-state index contributed by atoms with van der Waals surface area (Å²) in [7, 11) is 0. The molecular weight excluding hydrogens is 345 g/mol. The van der Waals surface area contributed by atoms with Crippen molar-refractivity contribution in [2.24, 2.45) is 0 Å². The van der Waals surface area contributed by atoms with Crippen LogP contribution in [0.5, 0.6) is 5.75 Å². The maximum Gasteiger partial charge on any atom is 1.00 e. The van der Waals surface area contributed by atoms with E-state index in [2.05, 4.69) is 10.3 Å². The van der Waals surface area contributed by atoms with Crippen molar-refractivity contribution in [2.75, 3.05) is 6.61 Å². The van der Waals surface area contributed by atoms with Gasteiger partial charge in [-0.15, -0.1) is 0 Å². The van der Waals surface area contributed by atoms with Crippen LogP contribution in [0.2, 0.25) is 0 Å². The van der Waals surface area contributed by atoms with E-state index in [-0.39, 0.29) is 41.7 Å². The van der Waals surface area contributed by atoms with Gasteiger partial charge in [-0.25, -0.2) is 0 Å². The number of amides is 1. The number of nitriles is 1. The number of benzene rings is 1. The van der Waals surface area contributed by atoms with Crippen LogP contribution >= 0.6 is 0 Å². The number of carbonyl (C=O) groups is 2. The second-order valence-electron chi connectivity index (χ2n) is 4.94. The van der Waals surface area contributed by atoms with E-state index in [0.29, 0.717) is 11.3 Å². The molecule has 0 aliphatic rings. The minimum Gasteiger partial charge on any atom is -0.546 e. The number of nitrogens with zero attached hydrogens (tertiary/aromatic N) is 2. The zero-order chi connectivity index (χ0) is 18.1. The van der Waals surface area contributed by atoms with Crippen LogP contribution in [0.4, 0.5) is 0 Å². The molecule has 0 aliphatic heterocycles. The fourth-order valence-corrected chi connectivity index (χ4v) is 1.90. The van der Waals surface area contributed by atoms with Gasteiger partial charge in [0.2, 0.25) is 0 Å². The van der Waals surface area contributed by atoms with Crippen molar-refractivity contribution in [3.63, 3.8) is 0 Å². The summed E-state index contributed by atoms with van der Waals surface area (Å²) in [5.74, 6) is -1.47. The maximum atomic E-state index is 12.1.